The second kappa shape index (κ2) is 7.04. The summed E-state index contributed by atoms with van der Waals surface area (Å²) >= 11 is 0. The van der Waals surface area contributed by atoms with Gasteiger partial charge in [0.2, 0.25) is 0 Å². The van der Waals surface area contributed by atoms with E-state index in [1.165, 1.54) is 51.4 Å². The van der Waals surface area contributed by atoms with Gasteiger partial charge in [0.05, 0.1) is 0 Å². The number of aliphatic hydroxyl groups is 2. The van der Waals surface area contributed by atoms with Crippen LogP contribution in [-0.2, 0) is 0 Å². The molecule has 0 heterocycles. The van der Waals surface area contributed by atoms with Crippen LogP contribution in [0, 0.1) is 47.3 Å². The minimum atomic E-state index is 0.411. The van der Waals surface area contributed by atoms with Gasteiger partial charge in [0.1, 0.15) is 0 Å². The average Bonchev–Trinajstić information content (AvgIpc) is 3.14. The summed E-state index contributed by atoms with van der Waals surface area (Å²) in [4.78, 5) is 0. The summed E-state index contributed by atoms with van der Waals surface area (Å²) < 4.78 is 0. The molecule has 3 unspecified atom stereocenters. The monoisotopic (exact) mass is 320 g/mol. The third-order valence-corrected chi connectivity index (χ3v) is 8.27. The maximum Gasteiger partial charge on any atom is 0.0433 e. The van der Waals surface area contributed by atoms with Crippen molar-refractivity contribution < 1.29 is 10.2 Å². The Morgan fingerprint density at radius 1 is 0.565 bits per heavy atom. The molecular weight excluding hydrogens is 284 g/mol. The molecular formula is C21H36O2. The molecule has 0 amide bonds. The maximum absolute atomic E-state index is 9.05. The number of aliphatic hydroxyl groups excluding tert-OH is 2. The predicted octanol–water partition coefficient (Wildman–Crippen LogP) is 4.25. The zero-order valence-corrected chi connectivity index (χ0v) is 14.7. The first-order valence-corrected chi connectivity index (χ1v) is 10.5. The Hall–Kier alpha value is -0.0800. The van der Waals surface area contributed by atoms with Crippen molar-refractivity contribution in [3.8, 4) is 0 Å². The summed E-state index contributed by atoms with van der Waals surface area (Å²) in [6.07, 6.45) is 15.5. The zero-order valence-electron chi connectivity index (χ0n) is 14.7. The summed E-state index contributed by atoms with van der Waals surface area (Å²) in [6.45, 7) is 0.834. The van der Waals surface area contributed by atoms with Crippen LogP contribution in [0.15, 0.2) is 0 Å². The Labute approximate surface area is 142 Å². The predicted molar refractivity (Wildman–Crippen MR) is 92.9 cm³/mol. The molecule has 2 N–H and O–H groups in total. The van der Waals surface area contributed by atoms with Gasteiger partial charge in [0, 0.05) is 13.2 Å². The molecule has 6 aliphatic carbocycles. The van der Waals surface area contributed by atoms with Crippen LogP contribution >= 0.6 is 0 Å². The average molecular weight is 321 g/mol. The summed E-state index contributed by atoms with van der Waals surface area (Å²) in [6, 6.07) is 0. The SMILES string of the molecule is OCCC1C2CC3CC(C2)CC1C3.OCCC1CC2CCC1C2. The summed E-state index contributed by atoms with van der Waals surface area (Å²) in [5, 5.41) is 17.8. The minimum Gasteiger partial charge on any atom is -0.396 e. The normalized spacial score (nSPS) is 49.3. The highest BCUT2D eigenvalue weighted by molar-refractivity contribution is 4.97. The van der Waals surface area contributed by atoms with Crippen molar-refractivity contribution in [3.63, 3.8) is 0 Å². The highest BCUT2D eigenvalue weighted by atomic mass is 16.3. The van der Waals surface area contributed by atoms with Crippen LogP contribution in [0.3, 0.4) is 0 Å². The molecule has 0 radical (unpaired) electrons. The molecule has 6 rings (SSSR count). The van der Waals surface area contributed by atoms with Crippen molar-refractivity contribution in [1.29, 1.82) is 0 Å². The maximum atomic E-state index is 9.05. The van der Waals surface area contributed by atoms with Crippen LogP contribution in [0.4, 0.5) is 0 Å². The highest BCUT2D eigenvalue weighted by Crippen LogP contribution is 2.57. The van der Waals surface area contributed by atoms with E-state index in [0.717, 1.165) is 60.2 Å². The van der Waals surface area contributed by atoms with E-state index in [1.807, 2.05) is 0 Å². The Morgan fingerprint density at radius 3 is 1.65 bits per heavy atom. The molecule has 2 nitrogen and oxygen atoms in total. The van der Waals surface area contributed by atoms with E-state index in [0.29, 0.717) is 13.2 Å². The molecule has 3 atom stereocenters. The fourth-order valence-corrected chi connectivity index (χ4v) is 7.55. The van der Waals surface area contributed by atoms with Crippen LogP contribution in [0.5, 0.6) is 0 Å². The minimum absolute atomic E-state index is 0.411. The Bertz CT molecular complexity index is 365. The van der Waals surface area contributed by atoms with E-state index in [9.17, 15) is 0 Å². The van der Waals surface area contributed by atoms with Crippen molar-refractivity contribution in [2.45, 2.75) is 70.6 Å². The first-order valence-electron chi connectivity index (χ1n) is 10.5. The molecule has 2 heteroatoms. The van der Waals surface area contributed by atoms with E-state index in [2.05, 4.69) is 0 Å². The zero-order chi connectivity index (χ0) is 15.8. The molecule has 0 saturated heterocycles. The molecule has 6 aliphatic rings. The van der Waals surface area contributed by atoms with E-state index in [-0.39, 0.29) is 0 Å². The quantitative estimate of drug-likeness (QED) is 0.813. The molecule has 0 aromatic rings. The Kier molecular flexibility index (Phi) is 5.02. The smallest absolute Gasteiger partial charge is 0.0433 e. The van der Waals surface area contributed by atoms with Gasteiger partial charge in [-0.3, -0.25) is 0 Å². The molecule has 6 saturated carbocycles. The fourth-order valence-electron chi connectivity index (χ4n) is 7.55. The molecule has 23 heavy (non-hydrogen) atoms. The summed E-state index contributed by atoms with van der Waals surface area (Å²) in [7, 11) is 0. The number of fused-ring (bicyclic) bond motifs is 2. The first kappa shape index (κ1) is 16.4. The molecule has 0 spiro atoms. The summed E-state index contributed by atoms with van der Waals surface area (Å²) in [5.41, 5.74) is 0. The largest absolute Gasteiger partial charge is 0.396 e. The first-order chi connectivity index (χ1) is 11.3. The Morgan fingerprint density at radius 2 is 1.17 bits per heavy atom. The van der Waals surface area contributed by atoms with Crippen LogP contribution in [-0.4, -0.2) is 23.4 Å². The molecule has 0 aromatic heterocycles. The third kappa shape index (κ3) is 3.35. The van der Waals surface area contributed by atoms with Crippen LogP contribution in [0.2, 0.25) is 0 Å². The van der Waals surface area contributed by atoms with Gasteiger partial charge in [-0.1, -0.05) is 6.42 Å². The molecule has 6 fully saturated rings. The van der Waals surface area contributed by atoms with Crippen molar-refractivity contribution in [2.75, 3.05) is 13.2 Å². The van der Waals surface area contributed by atoms with Gasteiger partial charge in [-0.25, -0.2) is 0 Å². The van der Waals surface area contributed by atoms with Crippen molar-refractivity contribution in [2.24, 2.45) is 47.3 Å². The second-order valence-corrected chi connectivity index (χ2v) is 9.55. The lowest BCUT2D eigenvalue weighted by Gasteiger charge is -2.54. The molecule has 0 aliphatic heterocycles. The van der Waals surface area contributed by atoms with Gasteiger partial charge in [-0.2, -0.15) is 0 Å². The van der Waals surface area contributed by atoms with E-state index >= 15 is 0 Å². The number of rotatable bonds is 4. The van der Waals surface area contributed by atoms with E-state index < -0.39 is 0 Å². The van der Waals surface area contributed by atoms with E-state index in [1.54, 1.807) is 6.42 Å². The molecule has 6 bridgehead atoms. The molecule has 132 valence electrons. The lowest BCUT2D eigenvalue weighted by Crippen LogP contribution is -2.45. The topological polar surface area (TPSA) is 40.5 Å². The number of hydrogen-bond acceptors (Lipinski definition) is 2. The lowest BCUT2D eigenvalue weighted by molar-refractivity contribution is -0.0446. The molecule has 0 aromatic carbocycles. The second-order valence-electron chi connectivity index (χ2n) is 9.55. The van der Waals surface area contributed by atoms with Gasteiger partial charge in [0.25, 0.3) is 0 Å². The third-order valence-electron chi connectivity index (χ3n) is 8.27. The van der Waals surface area contributed by atoms with Crippen molar-refractivity contribution >= 4 is 0 Å². The fraction of sp³-hybridized carbons (Fsp3) is 1.00. The van der Waals surface area contributed by atoms with Gasteiger partial charge < -0.3 is 10.2 Å². The van der Waals surface area contributed by atoms with Crippen LogP contribution < -0.4 is 0 Å². The van der Waals surface area contributed by atoms with Gasteiger partial charge >= 0.3 is 0 Å². The van der Waals surface area contributed by atoms with Crippen molar-refractivity contribution in [1.82, 2.24) is 0 Å². The van der Waals surface area contributed by atoms with Gasteiger partial charge in [-0.05, 0) is 112 Å². The lowest BCUT2D eigenvalue weighted by atomic mass is 9.51. The van der Waals surface area contributed by atoms with Crippen LogP contribution in [0.25, 0.3) is 0 Å². The standard InChI is InChI=1S/C12H20O.C9H16O/c13-2-1-12-10-4-8-3-9(6-10)7-11(12)5-8;10-4-3-9-6-7-1-2-8(9)5-7/h8-13H,1-7H2;7-10H,1-6H2. The summed E-state index contributed by atoms with van der Waals surface area (Å²) in [5.74, 6) is 8.00. The van der Waals surface area contributed by atoms with Crippen LogP contribution in [0.1, 0.15) is 70.6 Å². The number of hydrogen-bond donors (Lipinski definition) is 2. The highest BCUT2D eigenvalue weighted by Gasteiger charge is 2.47. The Balaban J connectivity index is 0.000000122. The van der Waals surface area contributed by atoms with E-state index in [4.69, 9.17) is 10.2 Å². The van der Waals surface area contributed by atoms with Crippen molar-refractivity contribution in [3.05, 3.63) is 0 Å². The van der Waals surface area contributed by atoms with Gasteiger partial charge in [-0.15, -0.1) is 0 Å². The van der Waals surface area contributed by atoms with Gasteiger partial charge in [0.15, 0.2) is 0 Å².